The second-order valence-electron chi connectivity index (χ2n) is 6.75. The van der Waals surface area contributed by atoms with Crippen molar-refractivity contribution in [1.82, 2.24) is 9.88 Å². The lowest BCUT2D eigenvalue weighted by Gasteiger charge is -2.12. The molecule has 0 fully saturated rings. The average molecular weight is 383 g/mol. The maximum absolute atomic E-state index is 12.8. The molecule has 0 aliphatic heterocycles. The number of fused-ring (bicyclic) bond motifs is 1. The van der Waals surface area contributed by atoms with E-state index >= 15 is 0 Å². The van der Waals surface area contributed by atoms with Gasteiger partial charge in [0.1, 0.15) is 6.54 Å². The Morgan fingerprint density at radius 3 is 2.41 bits per heavy atom. The highest BCUT2D eigenvalue weighted by molar-refractivity contribution is 5.97. The fraction of sp³-hybridized carbons (Fsp3) is 0.0833. The maximum atomic E-state index is 12.8. The summed E-state index contributed by atoms with van der Waals surface area (Å²) in [6, 6.07) is 27.1. The van der Waals surface area contributed by atoms with Crippen LogP contribution in [0.4, 0.5) is 5.69 Å². The highest BCUT2D eigenvalue weighted by Crippen LogP contribution is 2.28. The number of rotatable bonds is 5. The zero-order chi connectivity index (χ0) is 20.2. The van der Waals surface area contributed by atoms with Gasteiger partial charge in [0.15, 0.2) is 0 Å². The number of aromatic nitrogens is 1. The van der Waals surface area contributed by atoms with Crippen molar-refractivity contribution in [2.24, 2.45) is 0 Å². The molecular weight excluding hydrogens is 362 g/mol. The van der Waals surface area contributed by atoms with Crippen molar-refractivity contribution in [2.45, 2.75) is 6.54 Å². The van der Waals surface area contributed by atoms with E-state index in [9.17, 15) is 9.59 Å². The van der Waals surface area contributed by atoms with E-state index in [1.165, 1.54) is 0 Å². The first-order valence-corrected chi connectivity index (χ1v) is 9.41. The molecule has 1 heterocycles. The molecule has 0 spiro atoms. The molecule has 4 aromatic rings. The average Bonchev–Trinajstić information content (AvgIpc) is 3.12. The van der Waals surface area contributed by atoms with Crippen LogP contribution < -0.4 is 10.6 Å². The third kappa shape index (κ3) is 3.89. The molecular formula is C24H21N3O2. The number of benzene rings is 3. The molecule has 5 nitrogen and oxygen atoms in total. The van der Waals surface area contributed by atoms with Crippen molar-refractivity contribution in [3.8, 4) is 11.3 Å². The Balaban J connectivity index is 1.64. The standard InChI is InChI=1S/C24H21N3O2/c1-25-24(29)19-11-7-12-20(14-19)26-23(28)16-27-21-13-6-5-10-18(21)15-22(27)17-8-3-2-4-9-17/h2-15H,16H2,1H3,(H,25,29)(H,26,28). The maximum Gasteiger partial charge on any atom is 0.251 e. The number of amides is 2. The first kappa shape index (κ1) is 18.5. The monoisotopic (exact) mass is 383 g/mol. The lowest BCUT2D eigenvalue weighted by molar-refractivity contribution is -0.116. The molecule has 0 atom stereocenters. The summed E-state index contributed by atoms with van der Waals surface area (Å²) in [5.41, 5.74) is 4.13. The van der Waals surface area contributed by atoms with E-state index in [-0.39, 0.29) is 18.4 Å². The minimum atomic E-state index is -0.191. The van der Waals surface area contributed by atoms with Gasteiger partial charge >= 0.3 is 0 Å². The second-order valence-corrected chi connectivity index (χ2v) is 6.75. The van der Waals surface area contributed by atoms with Crippen LogP contribution in [0.15, 0.2) is 84.9 Å². The summed E-state index contributed by atoms with van der Waals surface area (Å²) < 4.78 is 2.02. The van der Waals surface area contributed by atoms with Crippen molar-refractivity contribution in [3.63, 3.8) is 0 Å². The summed E-state index contributed by atoms with van der Waals surface area (Å²) in [4.78, 5) is 24.7. The van der Waals surface area contributed by atoms with Gasteiger partial charge < -0.3 is 15.2 Å². The van der Waals surface area contributed by atoms with Crippen LogP contribution in [-0.2, 0) is 11.3 Å². The van der Waals surface area contributed by atoms with Crippen LogP contribution >= 0.6 is 0 Å². The fourth-order valence-electron chi connectivity index (χ4n) is 3.46. The number of carbonyl (C=O) groups is 2. The van der Waals surface area contributed by atoms with Gasteiger partial charge in [0, 0.05) is 34.9 Å². The molecule has 29 heavy (non-hydrogen) atoms. The Kier molecular flexibility index (Phi) is 5.12. The van der Waals surface area contributed by atoms with Crippen LogP contribution in [-0.4, -0.2) is 23.4 Å². The molecule has 5 heteroatoms. The van der Waals surface area contributed by atoms with Gasteiger partial charge in [-0.3, -0.25) is 9.59 Å². The van der Waals surface area contributed by atoms with Crippen molar-refractivity contribution in [3.05, 3.63) is 90.5 Å². The zero-order valence-electron chi connectivity index (χ0n) is 16.1. The molecule has 0 bridgehead atoms. The lowest BCUT2D eigenvalue weighted by atomic mass is 10.1. The predicted octanol–water partition coefficient (Wildman–Crippen LogP) is 4.31. The van der Waals surface area contributed by atoms with Crippen LogP contribution in [0.25, 0.3) is 22.2 Å². The van der Waals surface area contributed by atoms with E-state index in [1.807, 2.05) is 59.2 Å². The van der Waals surface area contributed by atoms with Gasteiger partial charge in [0.2, 0.25) is 5.91 Å². The number of carbonyl (C=O) groups excluding carboxylic acids is 2. The SMILES string of the molecule is CNC(=O)c1cccc(NC(=O)Cn2c(-c3ccccc3)cc3ccccc32)c1. The minimum Gasteiger partial charge on any atom is -0.355 e. The quantitative estimate of drug-likeness (QED) is 0.539. The lowest BCUT2D eigenvalue weighted by Crippen LogP contribution is -2.20. The zero-order valence-corrected chi connectivity index (χ0v) is 16.1. The first-order valence-electron chi connectivity index (χ1n) is 9.41. The van der Waals surface area contributed by atoms with Crippen LogP contribution in [0.1, 0.15) is 10.4 Å². The summed E-state index contributed by atoms with van der Waals surface area (Å²) in [6.45, 7) is 0.169. The summed E-state index contributed by atoms with van der Waals surface area (Å²) in [5.74, 6) is -0.346. The van der Waals surface area contributed by atoms with Crippen molar-refractivity contribution >= 4 is 28.4 Å². The summed E-state index contributed by atoms with van der Waals surface area (Å²) in [5, 5.41) is 6.58. The van der Waals surface area contributed by atoms with Gasteiger partial charge in [-0.25, -0.2) is 0 Å². The van der Waals surface area contributed by atoms with Crippen molar-refractivity contribution in [1.29, 1.82) is 0 Å². The van der Waals surface area contributed by atoms with Crippen LogP contribution in [0.2, 0.25) is 0 Å². The Morgan fingerprint density at radius 1 is 0.862 bits per heavy atom. The number of anilines is 1. The number of nitrogens with one attached hydrogen (secondary N) is 2. The van der Waals surface area contributed by atoms with Crippen molar-refractivity contribution in [2.75, 3.05) is 12.4 Å². The van der Waals surface area contributed by atoms with Gasteiger partial charge in [-0.1, -0.05) is 54.6 Å². The number of nitrogens with zero attached hydrogens (tertiary/aromatic N) is 1. The molecule has 4 rings (SSSR count). The number of hydrogen-bond acceptors (Lipinski definition) is 2. The Morgan fingerprint density at radius 2 is 1.62 bits per heavy atom. The third-order valence-electron chi connectivity index (χ3n) is 4.82. The van der Waals surface area contributed by atoms with Gasteiger partial charge in [-0.2, -0.15) is 0 Å². The normalized spacial score (nSPS) is 10.7. The molecule has 0 aliphatic rings. The summed E-state index contributed by atoms with van der Waals surface area (Å²) in [6.07, 6.45) is 0. The molecule has 0 radical (unpaired) electrons. The third-order valence-corrected chi connectivity index (χ3v) is 4.82. The number of hydrogen-bond donors (Lipinski definition) is 2. The highest BCUT2D eigenvalue weighted by atomic mass is 16.2. The topological polar surface area (TPSA) is 63.1 Å². The predicted molar refractivity (Wildman–Crippen MR) is 116 cm³/mol. The minimum absolute atomic E-state index is 0.155. The smallest absolute Gasteiger partial charge is 0.251 e. The fourth-order valence-corrected chi connectivity index (χ4v) is 3.46. The van der Waals surface area contributed by atoms with Crippen LogP contribution in [0, 0.1) is 0 Å². The van der Waals surface area contributed by atoms with Gasteiger partial charge in [0.05, 0.1) is 0 Å². The molecule has 0 aliphatic carbocycles. The molecule has 3 aromatic carbocycles. The first-order chi connectivity index (χ1) is 14.2. The number of para-hydroxylation sites is 1. The summed E-state index contributed by atoms with van der Waals surface area (Å²) in [7, 11) is 1.58. The van der Waals surface area contributed by atoms with Crippen LogP contribution in [0.5, 0.6) is 0 Å². The van der Waals surface area contributed by atoms with E-state index < -0.39 is 0 Å². The van der Waals surface area contributed by atoms with E-state index in [4.69, 9.17) is 0 Å². The second kappa shape index (κ2) is 8.02. The summed E-state index contributed by atoms with van der Waals surface area (Å²) >= 11 is 0. The van der Waals surface area contributed by atoms with Gasteiger partial charge in [-0.15, -0.1) is 0 Å². The Labute approximate surface area is 169 Å². The van der Waals surface area contributed by atoms with Crippen LogP contribution in [0.3, 0.4) is 0 Å². The van der Waals surface area contributed by atoms with E-state index in [2.05, 4.69) is 16.7 Å². The largest absolute Gasteiger partial charge is 0.355 e. The highest BCUT2D eigenvalue weighted by Gasteiger charge is 2.14. The molecule has 0 saturated heterocycles. The molecule has 0 unspecified atom stereocenters. The molecule has 144 valence electrons. The van der Waals surface area contributed by atoms with Crippen molar-refractivity contribution < 1.29 is 9.59 Å². The molecule has 2 N–H and O–H groups in total. The van der Waals surface area contributed by atoms with E-state index in [0.717, 1.165) is 22.2 Å². The van der Waals surface area contributed by atoms with Gasteiger partial charge in [0.25, 0.3) is 5.91 Å². The molecule has 0 saturated carbocycles. The van der Waals surface area contributed by atoms with E-state index in [0.29, 0.717) is 11.3 Å². The van der Waals surface area contributed by atoms with Gasteiger partial charge in [-0.05, 0) is 35.9 Å². The van der Waals surface area contributed by atoms with E-state index in [1.54, 1.807) is 31.3 Å². The Bertz CT molecular complexity index is 1180. The molecule has 2 amide bonds. The Hall–Kier alpha value is -3.86. The molecule has 1 aromatic heterocycles.